The first-order chi connectivity index (χ1) is 8.57. The smallest absolute Gasteiger partial charge is 0.141 e. The Kier molecular flexibility index (Phi) is 4.91. The minimum Gasteiger partial charge on any atom is -0.489 e. The van der Waals surface area contributed by atoms with E-state index in [1.807, 2.05) is 6.07 Å². The average Bonchev–Trinajstić information content (AvgIpc) is 2.23. The number of hydrogen-bond acceptors (Lipinski definition) is 2. The molecule has 0 unspecified atom stereocenters. The van der Waals surface area contributed by atoms with Gasteiger partial charge < -0.3 is 9.84 Å². The van der Waals surface area contributed by atoms with Gasteiger partial charge >= 0.3 is 0 Å². The van der Waals surface area contributed by atoms with E-state index in [1.54, 1.807) is 0 Å². The highest BCUT2D eigenvalue weighted by Crippen LogP contribution is 2.40. The first-order valence-corrected chi connectivity index (χ1v) is 7.03. The standard InChI is InChI=1S/C16H25ClO2/c1-15(2,3)11-9-12(16(4,5)6)14(13(17)10-11)19-8-7-18/h9-10,18H,7-8H2,1-6H3. The molecular formula is C16H25ClO2. The van der Waals surface area contributed by atoms with Crippen molar-refractivity contribution in [2.24, 2.45) is 0 Å². The topological polar surface area (TPSA) is 29.5 Å². The van der Waals surface area contributed by atoms with Crippen molar-refractivity contribution in [1.29, 1.82) is 0 Å². The second-order valence-corrected chi connectivity index (χ2v) is 7.31. The monoisotopic (exact) mass is 284 g/mol. The molecule has 0 fully saturated rings. The highest BCUT2D eigenvalue weighted by atomic mass is 35.5. The second kappa shape index (κ2) is 5.72. The molecule has 0 aliphatic carbocycles. The Morgan fingerprint density at radius 3 is 2.05 bits per heavy atom. The zero-order valence-electron chi connectivity index (χ0n) is 12.8. The van der Waals surface area contributed by atoms with Crippen LogP contribution >= 0.6 is 11.6 Å². The third-order valence-electron chi connectivity index (χ3n) is 3.06. The maximum absolute atomic E-state index is 8.93. The van der Waals surface area contributed by atoms with E-state index >= 15 is 0 Å². The fourth-order valence-corrected chi connectivity index (χ4v) is 2.15. The Balaban J connectivity index is 3.39. The van der Waals surface area contributed by atoms with Crippen molar-refractivity contribution in [3.8, 4) is 5.75 Å². The molecule has 19 heavy (non-hydrogen) atoms. The molecule has 1 N–H and O–H groups in total. The van der Waals surface area contributed by atoms with Gasteiger partial charge in [0.2, 0.25) is 0 Å². The van der Waals surface area contributed by atoms with Crippen LogP contribution in [0.1, 0.15) is 52.7 Å². The number of aliphatic hydroxyl groups excluding tert-OH is 1. The van der Waals surface area contributed by atoms with Crippen LogP contribution in [0.4, 0.5) is 0 Å². The number of rotatable bonds is 3. The number of benzene rings is 1. The predicted octanol–water partition coefficient (Wildman–Crippen LogP) is 4.31. The molecule has 0 atom stereocenters. The van der Waals surface area contributed by atoms with Crippen LogP contribution in [0.3, 0.4) is 0 Å². The summed E-state index contributed by atoms with van der Waals surface area (Å²) >= 11 is 6.38. The van der Waals surface area contributed by atoms with Crippen LogP contribution in [0.15, 0.2) is 12.1 Å². The molecule has 1 aromatic carbocycles. The fraction of sp³-hybridized carbons (Fsp3) is 0.625. The van der Waals surface area contributed by atoms with E-state index < -0.39 is 0 Å². The summed E-state index contributed by atoms with van der Waals surface area (Å²) in [5.74, 6) is 0.691. The third-order valence-corrected chi connectivity index (χ3v) is 3.34. The summed E-state index contributed by atoms with van der Waals surface area (Å²) in [6, 6.07) is 4.13. The van der Waals surface area contributed by atoms with Gasteiger partial charge in [-0.2, -0.15) is 0 Å². The fourth-order valence-electron chi connectivity index (χ4n) is 1.88. The van der Waals surface area contributed by atoms with E-state index in [4.69, 9.17) is 21.4 Å². The van der Waals surface area contributed by atoms with Crippen LogP contribution in [0.5, 0.6) is 5.75 Å². The molecule has 3 heteroatoms. The number of halogens is 1. The first-order valence-electron chi connectivity index (χ1n) is 6.65. The summed E-state index contributed by atoms with van der Waals surface area (Å²) in [5.41, 5.74) is 2.26. The van der Waals surface area contributed by atoms with Gasteiger partial charge in [0.25, 0.3) is 0 Å². The quantitative estimate of drug-likeness (QED) is 0.896. The van der Waals surface area contributed by atoms with Crippen molar-refractivity contribution in [1.82, 2.24) is 0 Å². The van der Waals surface area contributed by atoms with Gasteiger partial charge in [0.1, 0.15) is 12.4 Å². The molecule has 0 saturated heterocycles. The first kappa shape index (κ1) is 16.3. The number of ether oxygens (including phenoxy) is 1. The van der Waals surface area contributed by atoms with Crippen molar-refractivity contribution in [2.75, 3.05) is 13.2 Å². The second-order valence-electron chi connectivity index (χ2n) is 6.91. The third kappa shape index (κ3) is 4.12. The van der Waals surface area contributed by atoms with Crippen LogP contribution in [0.2, 0.25) is 5.02 Å². The van der Waals surface area contributed by atoms with Crippen LogP contribution in [0, 0.1) is 0 Å². The van der Waals surface area contributed by atoms with Crippen molar-refractivity contribution >= 4 is 11.6 Å². The Bertz CT molecular complexity index is 439. The maximum atomic E-state index is 8.93. The summed E-state index contributed by atoms with van der Waals surface area (Å²) in [6.45, 7) is 13.2. The Morgan fingerprint density at radius 2 is 1.63 bits per heavy atom. The predicted molar refractivity (Wildman–Crippen MR) is 81.4 cm³/mol. The molecule has 0 aliphatic heterocycles. The van der Waals surface area contributed by atoms with Gasteiger partial charge in [-0.1, -0.05) is 59.2 Å². The maximum Gasteiger partial charge on any atom is 0.141 e. The van der Waals surface area contributed by atoms with Crippen LogP contribution in [0.25, 0.3) is 0 Å². The molecule has 0 amide bonds. The zero-order chi connectivity index (χ0) is 14.8. The van der Waals surface area contributed by atoms with Gasteiger partial charge in [0, 0.05) is 5.56 Å². The summed E-state index contributed by atoms with van der Waals surface area (Å²) in [4.78, 5) is 0. The number of aliphatic hydroxyl groups is 1. The van der Waals surface area contributed by atoms with E-state index in [-0.39, 0.29) is 24.0 Å². The van der Waals surface area contributed by atoms with Gasteiger partial charge in [0.05, 0.1) is 11.6 Å². The van der Waals surface area contributed by atoms with Gasteiger partial charge in [-0.15, -0.1) is 0 Å². The van der Waals surface area contributed by atoms with Crippen molar-refractivity contribution in [3.05, 3.63) is 28.3 Å². The largest absolute Gasteiger partial charge is 0.489 e. The molecule has 0 spiro atoms. The van der Waals surface area contributed by atoms with Crippen LogP contribution in [-0.2, 0) is 10.8 Å². The zero-order valence-corrected chi connectivity index (χ0v) is 13.6. The lowest BCUT2D eigenvalue weighted by molar-refractivity contribution is 0.199. The van der Waals surface area contributed by atoms with Gasteiger partial charge in [0.15, 0.2) is 0 Å². The lowest BCUT2D eigenvalue weighted by Gasteiger charge is -2.28. The summed E-state index contributed by atoms with van der Waals surface area (Å²) in [5, 5.41) is 9.54. The molecule has 0 radical (unpaired) electrons. The Labute approximate surface area is 121 Å². The Hall–Kier alpha value is -0.730. The summed E-state index contributed by atoms with van der Waals surface area (Å²) in [6.07, 6.45) is 0. The van der Waals surface area contributed by atoms with E-state index in [0.29, 0.717) is 10.8 Å². The SMILES string of the molecule is CC(C)(C)c1cc(Cl)c(OCCO)c(C(C)(C)C)c1. The van der Waals surface area contributed by atoms with Crippen molar-refractivity contribution in [2.45, 2.75) is 52.4 Å². The van der Waals surface area contributed by atoms with E-state index in [0.717, 1.165) is 5.56 Å². The molecule has 108 valence electrons. The minimum absolute atomic E-state index is 0.0130. The average molecular weight is 285 g/mol. The summed E-state index contributed by atoms with van der Waals surface area (Å²) in [7, 11) is 0. The van der Waals surface area contributed by atoms with E-state index in [9.17, 15) is 0 Å². The highest BCUT2D eigenvalue weighted by molar-refractivity contribution is 6.32. The summed E-state index contributed by atoms with van der Waals surface area (Å²) < 4.78 is 5.63. The molecule has 1 rings (SSSR count). The normalized spacial score (nSPS) is 12.6. The molecule has 0 heterocycles. The van der Waals surface area contributed by atoms with Gasteiger partial charge in [-0.05, 0) is 22.5 Å². The lowest BCUT2D eigenvalue weighted by Crippen LogP contribution is -2.18. The van der Waals surface area contributed by atoms with Crippen LogP contribution in [-0.4, -0.2) is 18.3 Å². The molecule has 0 aromatic heterocycles. The Morgan fingerprint density at radius 1 is 1.05 bits per heavy atom. The van der Waals surface area contributed by atoms with Crippen molar-refractivity contribution in [3.63, 3.8) is 0 Å². The van der Waals surface area contributed by atoms with Crippen molar-refractivity contribution < 1.29 is 9.84 Å². The molecular weight excluding hydrogens is 260 g/mol. The molecule has 1 aromatic rings. The van der Waals surface area contributed by atoms with Crippen LogP contribution < -0.4 is 4.74 Å². The highest BCUT2D eigenvalue weighted by Gasteiger charge is 2.25. The van der Waals surface area contributed by atoms with Gasteiger partial charge in [-0.25, -0.2) is 0 Å². The molecule has 0 bridgehead atoms. The molecule has 0 saturated carbocycles. The lowest BCUT2D eigenvalue weighted by atomic mass is 9.80. The number of hydrogen-bond donors (Lipinski definition) is 1. The van der Waals surface area contributed by atoms with E-state index in [1.165, 1.54) is 5.56 Å². The molecule has 0 aliphatic rings. The van der Waals surface area contributed by atoms with E-state index in [2.05, 4.69) is 47.6 Å². The van der Waals surface area contributed by atoms with Gasteiger partial charge in [-0.3, -0.25) is 0 Å². The minimum atomic E-state index is -0.0598. The molecule has 2 nitrogen and oxygen atoms in total.